The fourth-order valence-electron chi connectivity index (χ4n) is 3.82. The molecule has 5 heteroatoms. The second-order valence-corrected chi connectivity index (χ2v) is 6.80. The normalized spacial score (nSPS) is 22.8. The summed E-state index contributed by atoms with van der Waals surface area (Å²) in [7, 11) is 0. The molecule has 0 radical (unpaired) electrons. The van der Waals surface area contributed by atoms with Crippen molar-refractivity contribution in [1.82, 2.24) is 14.9 Å². The molecule has 1 aliphatic heterocycles. The Bertz CT molecular complexity index is 528. The molecule has 3 rings (SSSR count). The second-order valence-electron chi connectivity index (χ2n) is 6.80. The molecule has 1 unspecified atom stereocenters. The number of aromatic nitrogens is 2. The molecule has 1 N–H and O–H groups in total. The van der Waals surface area contributed by atoms with Crippen molar-refractivity contribution < 1.29 is 4.79 Å². The third-order valence-electron chi connectivity index (χ3n) is 5.17. The molecule has 23 heavy (non-hydrogen) atoms. The summed E-state index contributed by atoms with van der Waals surface area (Å²) in [4.78, 5) is 23.6. The molecule has 5 nitrogen and oxygen atoms in total. The van der Waals surface area contributed by atoms with E-state index in [1.165, 1.54) is 38.5 Å². The number of carbonyl (C=O) groups excluding carboxylic acids is 1. The van der Waals surface area contributed by atoms with Gasteiger partial charge in [0.25, 0.3) is 5.91 Å². The summed E-state index contributed by atoms with van der Waals surface area (Å²) in [6.07, 6.45) is 12.4. The van der Waals surface area contributed by atoms with Gasteiger partial charge in [-0.15, -0.1) is 0 Å². The summed E-state index contributed by atoms with van der Waals surface area (Å²) in [6.45, 7) is 3.01. The molecule has 1 amide bonds. The molecule has 0 aromatic carbocycles. The highest BCUT2D eigenvalue weighted by Crippen LogP contribution is 2.22. The number of rotatable bonds is 4. The quantitative estimate of drug-likeness (QED) is 0.921. The zero-order valence-corrected chi connectivity index (χ0v) is 14.1. The van der Waals surface area contributed by atoms with Gasteiger partial charge in [0.1, 0.15) is 5.69 Å². The van der Waals surface area contributed by atoms with Gasteiger partial charge < -0.3 is 10.2 Å². The average Bonchev–Trinajstić information content (AvgIpc) is 2.62. The van der Waals surface area contributed by atoms with Crippen LogP contribution in [0.1, 0.15) is 75.2 Å². The van der Waals surface area contributed by atoms with Crippen molar-refractivity contribution in [2.75, 3.05) is 11.9 Å². The first-order valence-corrected chi connectivity index (χ1v) is 9.18. The first kappa shape index (κ1) is 16.2. The van der Waals surface area contributed by atoms with Gasteiger partial charge in [0.15, 0.2) is 0 Å². The van der Waals surface area contributed by atoms with E-state index in [2.05, 4.69) is 22.2 Å². The Kier molecular flexibility index (Phi) is 5.47. The molecule has 1 saturated carbocycles. The van der Waals surface area contributed by atoms with Crippen molar-refractivity contribution in [1.29, 1.82) is 0 Å². The van der Waals surface area contributed by atoms with Gasteiger partial charge in [0, 0.05) is 24.8 Å². The van der Waals surface area contributed by atoms with Gasteiger partial charge in [0.2, 0.25) is 5.95 Å². The van der Waals surface area contributed by atoms with E-state index in [1.807, 2.05) is 4.90 Å². The SMILES string of the molecule is CCC1CCCCN1C(=O)c1ccnc(NC2CCCCC2)n1. The minimum Gasteiger partial charge on any atom is -0.351 e. The van der Waals surface area contributed by atoms with E-state index in [4.69, 9.17) is 0 Å². The maximum Gasteiger partial charge on any atom is 0.272 e. The maximum absolute atomic E-state index is 12.8. The van der Waals surface area contributed by atoms with Gasteiger partial charge in [-0.25, -0.2) is 9.97 Å². The molecule has 1 aromatic heterocycles. The molecule has 2 heterocycles. The summed E-state index contributed by atoms with van der Waals surface area (Å²) in [6, 6.07) is 2.56. The van der Waals surface area contributed by atoms with E-state index in [1.54, 1.807) is 12.3 Å². The highest BCUT2D eigenvalue weighted by Gasteiger charge is 2.27. The monoisotopic (exact) mass is 316 g/mol. The predicted molar refractivity (Wildman–Crippen MR) is 91.5 cm³/mol. The predicted octanol–water partition coefficient (Wildman–Crippen LogP) is 3.63. The van der Waals surface area contributed by atoms with E-state index < -0.39 is 0 Å². The number of anilines is 1. The molecular formula is C18H28N4O. The fraction of sp³-hybridized carbons (Fsp3) is 0.722. The Labute approximate surface area is 138 Å². The zero-order valence-electron chi connectivity index (χ0n) is 14.1. The Morgan fingerprint density at radius 3 is 2.78 bits per heavy atom. The van der Waals surface area contributed by atoms with Crippen LogP contribution in [0, 0.1) is 0 Å². The van der Waals surface area contributed by atoms with Gasteiger partial charge >= 0.3 is 0 Å². The Morgan fingerprint density at radius 2 is 2.00 bits per heavy atom. The van der Waals surface area contributed by atoms with Crippen LogP contribution in [0.15, 0.2) is 12.3 Å². The molecule has 1 aromatic rings. The van der Waals surface area contributed by atoms with Crippen LogP contribution in [0.4, 0.5) is 5.95 Å². The lowest BCUT2D eigenvalue weighted by Gasteiger charge is -2.35. The van der Waals surface area contributed by atoms with Gasteiger partial charge in [-0.3, -0.25) is 4.79 Å². The number of amides is 1. The summed E-state index contributed by atoms with van der Waals surface area (Å²) < 4.78 is 0. The van der Waals surface area contributed by atoms with Crippen LogP contribution in [0.25, 0.3) is 0 Å². The molecule has 1 saturated heterocycles. The van der Waals surface area contributed by atoms with Crippen LogP contribution in [0.2, 0.25) is 0 Å². The highest BCUT2D eigenvalue weighted by atomic mass is 16.2. The lowest BCUT2D eigenvalue weighted by Crippen LogP contribution is -2.43. The van der Waals surface area contributed by atoms with Crippen molar-refractivity contribution in [3.8, 4) is 0 Å². The number of hydrogen-bond donors (Lipinski definition) is 1. The Hall–Kier alpha value is -1.65. The minimum absolute atomic E-state index is 0.0608. The van der Waals surface area contributed by atoms with Crippen molar-refractivity contribution in [3.63, 3.8) is 0 Å². The van der Waals surface area contributed by atoms with Crippen LogP contribution < -0.4 is 5.32 Å². The number of nitrogens with one attached hydrogen (secondary N) is 1. The number of nitrogens with zero attached hydrogens (tertiary/aromatic N) is 3. The van der Waals surface area contributed by atoms with Gasteiger partial charge in [-0.2, -0.15) is 0 Å². The van der Waals surface area contributed by atoms with E-state index in [9.17, 15) is 4.79 Å². The largest absolute Gasteiger partial charge is 0.351 e. The average molecular weight is 316 g/mol. The van der Waals surface area contributed by atoms with Crippen LogP contribution >= 0.6 is 0 Å². The number of carbonyl (C=O) groups is 1. The van der Waals surface area contributed by atoms with E-state index in [-0.39, 0.29) is 5.91 Å². The van der Waals surface area contributed by atoms with Crippen LogP contribution in [-0.2, 0) is 0 Å². The number of likely N-dealkylation sites (tertiary alicyclic amines) is 1. The summed E-state index contributed by atoms with van der Waals surface area (Å²) in [5.74, 6) is 0.665. The standard InChI is InChI=1S/C18H28N4O/c1-2-15-10-6-7-13-22(15)17(23)16-11-12-19-18(21-16)20-14-8-4-3-5-9-14/h11-12,14-15H,2-10,13H2,1H3,(H,19,20,21). The first-order valence-electron chi connectivity index (χ1n) is 9.18. The second kappa shape index (κ2) is 7.75. The van der Waals surface area contributed by atoms with E-state index >= 15 is 0 Å². The lowest BCUT2D eigenvalue weighted by atomic mass is 9.96. The zero-order chi connectivity index (χ0) is 16.1. The maximum atomic E-state index is 12.8. The van der Waals surface area contributed by atoms with Crippen LogP contribution in [0.3, 0.4) is 0 Å². The Morgan fingerprint density at radius 1 is 1.22 bits per heavy atom. The van der Waals surface area contributed by atoms with Gasteiger partial charge in [0.05, 0.1) is 0 Å². The number of hydrogen-bond acceptors (Lipinski definition) is 4. The first-order chi connectivity index (χ1) is 11.3. The van der Waals surface area contributed by atoms with Crippen LogP contribution in [-0.4, -0.2) is 39.4 Å². The van der Waals surface area contributed by atoms with Crippen molar-refractivity contribution >= 4 is 11.9 Å². The Balaban J connectivity index is 1.69. The van der Waals surface area contributed by atoms with Crippen molar-refractivity contribution in [2.45, 2.75) is 76.8 Å². The molecular weight excluding hydrogens is 288 g/mol. The van der Waals surface area contributed by atoms with Gasteiger partial charge in [-0.1, -0.05) is 26.2 Å². The highest BCUT2D eigenvalue weighted by molar-refractivity contribution is 5.92. The van der Waals surface area contributed by atoms with Crippen molar-refractivity contribution in [2.24, 2.45) is 0 Å². The summed E-state index contributed by atoms with van der Waals surface area (Å²) in [5.41, 5.74) is 0.527. The van der Waals surface area contributed by atoms with E-state index in [0.29, 0.717) is 23.7 Å². The lowest BCUT2D eigenvalue weighted by molar-refractivity contribution is 0.0602. The molecule has 0 bridgehead atoms. The molecule has 126 valence electrons. The fourth-order valence-corrected chi connectivity index (χ4v) is 3.82. The smallest absolute Gasteiger partial charge is 0.272 e. The molecule has 0 spiro atoms. The topological polar surface area (TPSA) is 58.1 Å². The van der Waals surface area contributed by atoms with Crippen LogP contribution in [0.5, 0.6) is 0 Å². The van der Waals surface area contributed by atoms with Crippen molar-refractivity contribution in [3.05, 3.63) is 18.0 Å². The molecule has 1 aliphatic carbocycles. The third kappa shape index (κ3) is 4.01. The minimum atomic E-state index is 0.0608. The summed E-state index contributed by atoms with van der Waals surface area (Å²) in [5, 5.41) is 3.41. The van der Waals surface area contributed by atoms with Gasteiger partial charge in [-0.05, 0) is 44.6 Å². The molecule has 1 atom stereocenters. The summed E-state index contributed by atoms with van der Waals surface area (Å²) >= 11 is 0. The third-order valence-corrected chi connectivity index (χ3v) is 5.17. The van der Waals surface area contributed by atoms with E-state index in [0.717, 1.165) is 25.8 Å². The number of piperidine rings is 1. The molecule has 2 aliphatic rings. The molecule has 2 fully saturated rings.